The first-order valence-corrected chi connectivity index (χ1v) is 6.74. The summed E-state index contributed by atoms with van der Waals surface area (Å²) >= 11 is 1.51. The van der Waals surface area contributed by atoms with Gasteiger partial charge in [-0.3, -0.25) is 4.79 Å². The molecule has 0 aliphatic heterocycles. The zero-order valence-corrected chi connectivity index (χ0v) is 10.9. The van der Waals surface area contributed by atoms with Gasteiger partial charge >= 0.3 is 0 Å². The first kappa shape index (κ1) is 11.2. The Balaban J connectivity index is 2.08. The van der Waals surface area contributed by atoms with Gasteiger partial charge in [0.1, 0.15) is 0 Å². The van der Waals surface area contributed by atoms with Crippen LogP contribution in [0.15, 0.2) is 52.8 Å². The van der Waals surface area contributed by atoms with Crippen molar-refractivity contribution in [3.63, 3.8) is 0 Å². The number of fused-ring (bicyclic) bond motifs is 1. The van der Waals surface area contributed by atoms with Gasteiger partial charge in [-0.25, -0.2) is 0 Å². The van der Waals surface area contributed by atoms with E-state index in [0.717, 1.165) is 16.8 Å². The zero-order valence-electron chi connectivity index (χ0n) is 10.1. The number of thiophene rings is 1. The van der Waals surface area contributed by atoms with Gasteiger partial charge in [-0.2, -0.15) is 0 Å². The average Bonchev–Trinajstić information content (AvgIpc) is 2.83. The van der Waals surface area contributed by atoms with Crippen LogP contribution >= 0.6 is 11.3 Å². The molecular formula is C15H13NOS. The third-order valence-electron chi connectivity index (χ3n) is 3.02. The zero-order chi connectivity index (χ0) is 12.5. The van der Waals surface area contributed by atoms with Crippen molar-refractivity contribution >= 4 is 21.6 Å². The van der Waals surface area contributed by atoms with Crippen molar-refractivity contribution < 1.29 is 0 Å². The lowest BCUT2D eigenvalue weighted by Gasteiger charge is -2.08. The van der Waals surface area contributed by atoms with Crippen molar-refractivity contribution in [1.82, 2.24) is 4.57 Å². The van der Waals surface area contributed by atoms with Crippen LogP contribution in [0.5, 0.6) is 0 Å². The van der Waals surface area contributed by atoms with E-state index in [1.165, 1.54) is 22.5 Å². The van der Waals surface area contributed by atoms with Gasteiger partial charge in [-0.1, -0.05) is 29.8 Å². The van der Waals surface area contributed by atoms with Gasteiger partial charge in [-0.05, 0) is 23.9 Å². The molecule has 0 N–H and O–H groups in total. The topological polar surface area (TPSA) is 22.0 Å². The van der Waals surface area contributed by atoms with Crippen molar-refractivity contribution in [1.29, 1.82) is 0 Å². The maximum absolute atomic E-state index is 11.7. The van der Waals surface area contributed by atoms with Crippen LogP contribution in [0.3, 0.4) is 0 Å². The van der Waals surface area contributed by atoms with Gasteiger partial charge in [-0.15, -0.1) is 11.3 Å². The highest BCUT2D eigenvalue weighted by Gasteiger charge is 2.04. The van der Waals surface area contributed by atoms with Crippen molar-refractivity contribution in [2.24, 2.45) is 0 Å². The molecule has 2 nitrogen and oxygen atoms in total. The molecule has 0 amide bonds. The molecule has 2 heterocycles. The molecule has 3 rings (SSSR count). The van der Waals surface area contributed by atoms with E-state index in [4.69, 9.17) is 0 Å². The maximum Gasteiger partial charge on any atom is 0.199 e. The van der Waals surface area contributed by atoms with Gasteiger partial charge < -0.3 is 4.57 Å². The fourth-order valence-electron chi connectivity index (χ4n) is 2.17. The normalized spacial score (nSPS) is 10.9. The standard InChI is InChI=1S/C15H13NOS/c1-11-3-2-4-12(9-11)10-16-7-5-14(17)15-13(16)6-8-18-15/h2-9H,10H2,1H3. The minimum absolute atomic E-state index is 0.112. The summed E-state index contributed by atoms with van der Waals surface area (Å²) in [6.45, 7) is 2.89. The van der Waals surface area contributed by atoms with Gasteiger partial charge in [0.25, 0.3) is 0 Å². The van der Waals surface area contributed by atoms with E-state index in [2.05, 4.69) is 35.8 Å². The monoisotopic (exact) mass is 255 g/mol. The highest BCUT2D eigenvalue weighted by Crippen LogP contribution is 2.18. The highest BCUT2D eigenvalue weighted by atomic mass is 32.1. The maximum atomic E-state index is 11.7. The molecule has 90 valence electrons. The second kappa shape index (κ2) is 4.42. The summed E-state index contributed by atoms with van der Waals surface area (Å²) in [7, 11) is 0. The second-order valence-electron chi connectivity index (χ2n) is 4.43. The Kier molecular flexibility index (Phi) is 2.76. The first-order valence-electron chi connectivity index (χ1n) is 5.86. The molecule has 0 atom stereocenters. The van der Waals surface area contributed by atoms with Gasteiger partial charge in [0, 0.05) is 18.8 Å². The van der Waals surface area contributed by atoms with E-state index in [1.807, 2.05) is 17.6 Å². The smallest absolute Gasteiger partial charge is 0.199 e. The molecule has 2 aromatic heterocycles. The van der Waals surface area contributed by atoms with E-state index >= 15 is 0 Å². The predicted molar refractivity (Wildman–Crippen MR) is 76.4 cm³/mol. The summed E-state index contributed by atoms with van der Waals surface area (Å²) in [4.78, 5) is 11.7. The molecule has 3 aromatic rings. The Labute approximate surface area is 109 Å². The average molecular weight is 255 g/mol. The molecule has 3 heteroatoms. The van der Waals surface area contributed by atoms with Crippen LogP contribution in [0.1, 0.15) is 11.1 Å². The Morgan fingerprint density at radius 1 is 1.22 bits per heavy atom. The van der Waals surface area contributed by atoms with Crippen LogP contribution in [-0.4, -0.2) is 4.57 Å². The van der Waals surface area contributed by atoms with Crippen molar-refractivity contribution in [3.8, 4) is 0 Å². The number of rotatable bonds is 2. The summed E-state index contributed by atoms with van der Waals surface area (Å²) in [5.74, 6) is 0. The van der Waals surface area contributed by atoms with E-state index in [-0.39, 0.29) is 5.43 Å². The lowest BCUT2D eigenvalue weighted by Crippen LogP contribution is -2.06. The molecule has 18 heavy (non-hydrogen) atoms. The second-order valence-corrected chi connectivity index (χ2v) is 5.35. The van der Waals surface area contributed by atoms with E-state index in [0.29, 0.717) is 0 Å². The van der Waals surface area contributed by atoms with E-state index in [1.54, 1.807) is 6.07 Å². The Morgan fingerprint density at radius 2 is 2.11 bits per heavy atom. The summed E-state index contributed by atoms with van der Waals surface area (Å²) < 4.78 is 2.97. The van der Waals surface area contributed by atoms with Gasteiger partial charge in [0.2, 0.25) is 0 Å². The third kappa shape index (κ3) is 1.97. The molecule has 0 fully saturated rings. The molecule has 1 aromatic carbocycles. The molecule has 0 saturated carbocycles. The molecule has 0 unspecified atom stereocenters. The van der Waals surface area contributed by atoms with Crippen LogP contribution in [-0.2, 0) is 6.54 Å². The van der Waals surface area contributed by atoms with Crippen LogP contribution < -0.4 is 5.43 Å². The van der Waals surface area contributed by atoms with Crippen molar-refractivity contribution in [3.05, 3.63) is 69.3 Å². The Morgan fingerprint density at radius 3 is 2.94 bits per heavy atom. The summed E-state index contributed by atoms with van der Waals surface area (Å²) in [6.07, 6.45) is 1.87. The Bertz CT molecular complexity index is 754. The first-order chi connectivity index (χ1) is 8.74. The summed E-state index contributed by atoms with van der Waals surface area (Å²) in [5.41, 5.74) is 3.65. The van der Waals surface area contributed by atoms with Gasteiger partial charge in [0.05, 0.1) is 10.2 Å². The lowest BCUT2D eigenvalue weighted by atomic mass is 10.1. The van der Waals surface area contributed by atoms with E-state index in [9.17, 15) is 4.79 Å². The minimum atomic E-state index is 0.112. The Hall–Kier alpha value is -1.87. The fraction of sp³-hybridized carbons (Fsp3) is 0.133. The van der Waals surface area contributed by atoms with Gasteiger partial charge in [0.15, 0.2) is 5.43 Å². The number of nitrogens with zero attached hydrogens (tertiary/aromatic N) is 1. The number of aryl methyl sites for hydroxylation is 1. The fourth-order valence-corrected chi connectivity index (χ4v) is 3.00. The number of aromatic nitrogens is 1. The van der Waals surface area contributed by atoms with Crippen molar-refractivity contribution in [2.45, 2.75) is 13.5 Å². The minimum Gasteiger partial charge on any atom is -0.342 e. The molecule has 0 aliphatic carbocycles. The lowest BCUT2D eigenvalue weighted by molar-refractivity contribution is 0.826. The number of benzene rings is 1. The van der Waals surface area contributed by atoms with E-state index < -0.39 is 0 Å². The summed E-state index contributed by atoms with van der Waals surface area (Å²) in [6, 6.07) is 12.1. The van der Waals surface area contributed by atoms with Crippen LogP contribution in [0.2, 0.25) is 0 Å². The molecule has 0 radical (unpaired) electrons. The van der Waals surface area contributed by atoms with Crippen LogP contribution in [0.25, 0.3) is 10.2 Å². The van der Waals surface area contributed by atoms with Crippen molar-refractivity contribution in [2.75, 3.05) is 0 Å². The number of hydrogen-bond donors (Lipinski definition) is 0. The third-order valence-corrected chi connectivity index (χ3v) is 3.94. The molecule has 0 spiro atoms. The largest absolute Gasteiger partial charge is 0.342 e. The van der Waals surface area contributed by atoms with Crippen LogP contribution in [0.4, 0.5) is 0 Å². The van der Waals surface area contributed by atoms with Crippen LogP contribution in [0, 0.1) is 6.92 Å². The SMILES string of the molecule is Cc1cccc(Cn2ccc(=O)c3sccc32)c1. The quantitative estimate of drug-likeness (QED) is 0.687. The molecule has 0 bridgehead atoms. The number of pyridine rings is 1. The summed E-state index contributed by atoms with van der Waals surface area (Å²) in [5, 5.41) is 1.97. The number of hydrogen-bond acceptors (Lipinski definition) is 2. The molecule has 0 saturated heterocycles. The molecular weight excluding hydrogens is 242 g/mol. The predicted octanol–water partition coefficient (Wildman–Crippen LogP) is 3.42. The molecule has 0 aliphatic rings. The highest BCUT2D eigenvalue weighted by molar-refractivity contribution is 7.17.